The molecule has 1 aromatic heterocycles. The Kier molecular flexibility index (Phi) is 4.93. The second-order valence-electron chi connectivity index (χ2n) is 6.27. The summed E-state index contributed by atoms with van der Waals surface area (Å²) in [6, 6.07) is 17.2. The third kappa shape index (κ3) is 3.94. The number of hydrogen-bond donors (Lipinski definition) is 0. The SMILES string of the molecule is Cc1cccc(C(=O)N(Cc2nc(-c3ccccc3)no2)C(C)C)c1. The molecule has 0 aliphatic rings. The molecule has 2 aromatic carbocycles. The summed E-state index contributed by atoms with van der Waals surface area (Å²) in [7, 11) is 0. The van der Waals surface area contributed by atoms with Crippen LogP contribution >= 0.6 is 0 Å². The van der Waals surface area contributed by atoms with Gasteiger partial charge in [0.1, 0.15) is 6.54 Å². The number of nitrogens with zero attached hydrogens (tertiary/aromatic N) is 3. The second kappa shape index (κ2) is 7.30. The van der Waals surface area contributed by atoms with E-state index in [2.05, 4.69) is 10.1 Å². The number of amides is 1. The van der Waals surface area contributed by atoms with Crippen LogP contribution < -0.4 is 0 Å². The van der Waals surface area contributed by atoms with Gasteiger partial charge in [0.15, 0.2) is 0 Å². The van der Waals surface area contributed by atoms with Gasteiger partial charge in [-0.15, -0.1) is 0 Å². The molecule has 0 saturated heterocycles. The van der Waals surface area contributed by atoms with Crippen molar-refractivity contribution in [2.24, 2.45) is 0 Å². The zero-order chi connectivity index (χ0) is 17.8. The summed E-state index contributed by atoms with van der Waals surface area (Å²) in [5.41, 5.74) is 2.61. The van der Waals surface area contributed by atoms with Crippen LogP contribution in [0, 0.1) is 6.92 Å². The van der Waals surface area contributed by atoms with Crippen LogP contribution in [-0.2, 0) is 6.54 Å². The topological polar surface area (TPSA) is 59.2 Å². The highest BCUT2D eigenvalue weighted by molar-refractivity contribution is 5.94. The van der Waals surface area contributed by atoms with E-state index < -0.39 is 0 Å². The molecule has 0 atom stereocenters. The predicted octanol–water partition coefficient (Wildman–Crippen LogP) is 4.10. The molecule has 3 aromatic rings. The Bertz CT molecular complexity index is 856. The Morgan fingerprint density at radius 2 is 1.88 bits per heavy atom. The molecule has 0 aliphatic carbocycles. The van der Waals surface area contributed by atoms with E-state index in [1.165, 1.54) is 0 Å². The van der Waals surface area contributed by atoms with Crippen molar-refractivity contribution in [3.8, 4) is 11.4 Å². The molecule has 0 radical (unpaired) electrons. The monoisotopic (exact) mass is 335 g/mol. The third-order valence-electron chi connectivity index (χ3n) is 3.95. The van der Waals surface area contributed by atoms with E-state index in [1.54, 1.807) is 4.90 Å². The quantitative estimate of drug-likeness (QED) is 0.704. The van der Waals surface area contributed by atoms with Crippen molar-refractivity contribution in [2.75, 3.05) is 0 Å². The Morgan fingerprint density at radius 1 is 1.12 bits per heavy atom. The minimum atomic E-state index is -0.0434. The highest BCUT2D eigenvalue weighted by Gasteiger charge is 2.22. The number of carbonyl (C=O) groups is 1. The zero-order valence-electron chi connectivity index (χ0n) is 14.6. The van der Waals surface area contributed by atoms with Gasteiger partial charge in [0.25, 0.3) is 5.91 Å². The molecule has 0 bridgehead atoms. The van der Waals surface area contributed by atoms with Crippen molar-refractivity contribution >= 4 is 5.91 Å². The third-order valence-corrected chi connectivity index (χ3v) is 3.95. The van der Waals surface area contributed by atoms with Crippen LogP contribution in [0.1, 0.15) is 35.7 Å². The lowest BCUT2D eigenvalue weighted by Crippen LogP contribution is -2.36. The van der Waals surface area contributed by atoms with Crippen molar-refractivity contribution in [3.63, 3.8) is 0 Å². The number of rotatable bonds is 5. The Labute approximate surface area is 147 Å². The van der Waals surface area contributed by atoms with Crippen LogP contribution in [0.4, 0.5) is 0 Å². The maximum atomic E-state index is 12.9. The van der Waals surface area contributed by atoms with E-state index >= 15 is 0 Å². The Morgan fingerprint density at radius 3 is 2.56 bits per heavy atom. The van der Waals surface area contributed by atoms with Crippen LogP contribution in [0.2, 0.25) is 0 Å². The Balaban J connectivity index is 1.81. The standard InChI is InChI=1S/C20H21N3O2/c1-14(2)23(20(24)17-11-7-8-15(3)12-17)13-18-21-19(22-25-18)16-9-5-4-6-10-16/h4-12,14H,13H2,1-3H3. The number of aryl methyl sites for hydroxylation is 1. The van der Waals surface area contributed by atoms with Crippen LogP contribution in [0.15, 0.2) is 59.1 Å². The van der Waals surface area contributed by atoms with Gasteiger partial charge in [0.2, 0.25) is 11.7 Å². The van der Waals surface area contributed by atoms with E-state index in [9.17, 15) is 4.79 Å². The van der Waals surface area contributed by atoms with Gasteiger partial charge >= 0.3 is 0 Å². The number of aromatic nitrogens is 2. The summed E-state index contributed by atoms with van der Waals surface area (Å²) < 4.78 is 5.35. The van der Waals surface area contributed by atoms with Gasteiger partial charge in [-0.3, -0.25) is 4.79 Å². The van der Waals surface area contributed by atoms with E-state index in [1.807, 2.05) is 75.4 Å². The van der Waals surface area contributed by atoms with Crippen molar-refractivity contribution in [1.82, 2.24) is 15.0 Å². The molecule has 25 heavy (non-hydrogen) atoms. The van der Waals surface area contributed by atoms with Crippen molar-refractivity contribution in [1.29, 1.82) is 0 Å². The van der Waals surface area contributed by atoms with Gasteiger partial charge in [0.05, 0.1) is 0 Å². The first kappa shape index (κ1) is 16.9. The predicted molar refractivity (Wildman–Crippen MR) is 95.9 cm³/mol. The average Bonchev–Trinajstić information content (AvgIpc) is 3.08. The van der Waals surface area contributed by atoms with Gasteiger partial charge in [-0.1, -0.05) is 53.2 Å². The van der Waals surface area contributed by atoms with E-state index in [-0.39, 0.29) is 18.5 Å². The van der Waals surface area contributed by atoms with Gasteiger partial charge in [-0.05, 0) is 32.9 Å². The number of carbonyl (C=O) groups excluding carboxylic acids is 1. The number of hydrogen-bond acceptors (Lipinski definition) is 4. The maximum absolute atomic E-state index is 12.9. The molecule has 1 amide bonds. The molecular weight excluding hydrogens is 314 g/mol. The van der Waals surface area contributed by atoms with Gasteiger partial charge in [-0.2, -0.15) is 4.98 Å². The fourth-order valence-electron chi connectivity index (χ4n) is 2.60. The van der Waals surface area contributed by atoms with Gasteiger partial charge in [0, 0.05) is 17.2 Å². The number of benzene rings is 2. The van der Waals surface area contributed by atoms with Crippen LogP contribution in [0.5, 0.6) is 0 Å². The normalized spacial score (nSPS) is 10.9. The molecule has 0 fully saturated rings. The van der Waals surface area contributed by atoms with Gasteiger partial charge in [-0.25, -0.2) is 0 Å². The molecule has 0 saturated carbocycles. The molecule has 0 spiro atoms. The molecule has 5 nitrogen and oxygen atoms in total. The highest BCUT2D eigenvalue weighted by Crippen LogP contribution is 2.18. The lowest BCUT2D eigenvalue weighted by molar-refractivity contribution is 0.0667. The molecule has 1 heterocycles. The molecular formula is C20H21N3O2. The molecule has 0 aliphatic heterocycles. The minimum absolute atomic E-state index is 0.0140. The summed E-state index contributed by atoms with van der Waals surface area (Å²) in [5.74, 6) is 0.911. The van der Waals surface area contributed by atoms with E-state index in [0.29, 0.717) is 17.3 Å². The lowest BCUT2D eigenvalue weighted by atomic mass is 10.1. The smallest absolute Gasteiger partial charge is 0.254 e. The molecule has 3 rings (SSSR count). The van der Waals surface area contributed by atoms with Crippen LogP contribution in [0.3, 0.4) is 0 Å². The summed E-state index contributed by atoms with van der Waals surface area (Å²) >= 11 is 0. The fraction of sp³-hybridized carbons (Fsp3) is 0.250. The average molecular weight is 335 g/mol. The zero-order valence-corrected chi connectivity index (χ0v) is 14.6. The molecule has 128 valence electrons. The fourth-order valence-corrected chi connectivity index (χ4v) is 2.60. The van der Waals surface area contributed by atoms with E-state index in [0.717, 1.165) is 11.1 Å². The largest absolute Gasteiger partial charge is 0.337 e. The maximum Gasteiger partial charge on any atom is 0.254 e. The second-order valence-corrected chi connectivity index (χ2v) is 6.27. The van der Waals surface area contributed by atoms with Crippen molar-refractivity contribution in [3.05, 3.63) is 71.6 Å². The Hall–Kier alpha value is -2.95. The molecule has 0 unspecified atom stereocenters. The first-order valence-corrected chi connectivity index (χ1v) is 8.30. The van der Waals surface area contributed by atoms with E-state index in [4.69, 9.17) is 4.52 Å². The molecule has 0 N–H and O–H groups in total. The van der Waals surface area contributed by atoms with Crippen LogP contribution in [-0.4, -0.2) is 27.0 Å². The highest BCUT2D eigenvalue weighted by atomic mass is 16.5. The first-order valence-electron chi connectivity index (χ1n) is 8.30. The summed E-state index contributed by atoms with van der Waals surface area (Å²) in [4.78, 5) is 19.0. The molecule has 5 heteroatoms. The summed E-state index contributed by atoms with van der Waals surface area (Å²) in [5, 5.41) is 4.02. The summed E-state index contributed by atoms with van der Waals surface area (Å²) in [6.45, 7) is 6.20. The van der Waals surface area contributed by atoms with Crippen molar-refractivity contribution in [2.45, 2.75) is 33.4 Å². The lowest BCUT2D eigenvalue weighted by Gasteiger charge is -2.25. The van der Waals surface area contributed by atoms with Gasteiger partial charge < -0.3 is 9.42 Å². The van der Waals surface area contributed by atoms with Crippen molar-refractivity contribution < 1.29 is 9.32 Å². The minimum Gasteiger partial charge on any atom is -0.337 e. The van der Waals surface area contributed by atoms with Crippen LogP contribution in [0.25, 0.3) is 11.4 Å². The first-order chi connectivity index (χ1) is 12.0. The summed E-state index contributed by atoms with van der Waals surface area (Å²) in [6.07, 6.45) is 0.